The number of fused-ring (bicyclic) bond motifs is 3. The lowest BCUT2D eigenvalue weighted by Crippen LogP contribution is -2.44. The first-order valence-corrected chi connectivity index (χ1v) is 9.74. The summed E-state index contributed by atoms with van der Waals surface area (Å²) in [7, 11) is 0. The average Bonchev–Trinajstić information content (AvgIpc) is 3.29. The Kier molecular flexibility index (Phi) is 4.02. The van der Waals surface area contributed by atoms with Gasteiger partial charge in [0.15, 0.2) is 0 Å². The summed E-state index contributed by atoms with van der Waals surface area (Å²) >= 11 is 12.6. The van der Waals surface area contributed by atoms with E-state index >= 15 is 0 Å². The van der Waals surface area contributed by atoms with Crippen LogP contribution >= 0.6 is 23.2 Å². The summed E-state index contributed by atoms with van der Waals surface area (Å²) in [4.78, 5) is 27.9. The van der Waals surface area contributed by atoms with Crippen LogP contribution in [0, 0.1) is 5.92 Å². The zero-order valence-electron chi connectivity index (χ0n) is 14.4. The van der Waals surface area contributed by atoms with E-state index in [1.54, 1.807) is 24.3 Å². The normalized spacial score (nSPS) is 28.1. The standard InChI is InChI=1S/C20H17Cl2N3O2/c21-12-7-8-14(15(22)11-12)17-16-18(24-10-4-9-23(17)24)20(27)25(19(16)26)13-5-2-1-3-6-13/h1-3,5-8,11,16-18H,4,9-10H2/t16-,17+,18+/m0/s1. The molecule has 0 saturated carbocycles. The molecule has 5 nitrogen and oxygen atoms in total. The van der Waals surface area contributed by atoms with Crippen molar-refractivity contribution >= 4 is 40.7 Å². The molecule has 0 N–H and O–H groups in total. The molecule has 0 bridgehead atoms. The zero-order chi connectivity index (χ0) is 18.7. The molecule has 7 heteroatoms. The number of rotatable bonds is 2. The first-order valence-electron chi connectivity index (χ1n) is 8.99. The molecule has 2 aromatic rings. The van der Waals surface area contributed by atoms with Crippen molar-refractivity contribution in [2.24, 2.45) is 5.92 Å². The number of imide groups is 1. The average molecular weight is 402 g/mol. The third-order valence-corrected chi connectivity index (χ3v) is 6.26. The summed E-state index contributed by atoms with van der Waals surface area (Å²) in [5.74, 6) is -0.797. The second-order valence-electron chi connectivity index (χ2n) is 7.11. The molecule has 3 saturated heterocycles. The molecule has 3 atom stereocenters. The summed E-state index contributed by atoms with van der Waals surface area (Å²) in [6, 6.07) is 13.7. The molecule has 3 heterocycles. The smallest absolute Gasteiger partial charge is 0.253 e. The fourth-order valence-corrected chi connectivity index (χ4v) is 5.18. The number of hydrogen-bond acceptors (Lipinski definition) is 4. The van der Waals surface area contributed by atoms with E-state index in [4.69, 9.17) is 23.2 Å². The number of para-hydroxylation sites is 1. The molecule has 3 fully saturated rings. The predicted molar refractivity (Wildman–Crippen MR) is 103 cm³/mol. The highest BCUT2D eigenvalue weighted by atomic mass is 35.5. The van der Waals surface area contributed by atoms with E-state index in [1.165, 1.54) is 4.90 Å². The van der Waals surface area contributed by atoms with Gasteiger partial charge in [-0.2, -0.15) is 0 Å². The van der Waals surface area contributed by atoms with Crippen molar-refractivity contribution in [2.75, 3.05) is 18.0 Å². The van der Waals surface area contributed by atoms with Crippen LogP contribution in [0.15, 0.2) is 48.5 Å². The monoisotopic (exact) mass is 401 g/mol. The largest absolute Gasteiger partial charge is 0.274 e. The number of hydrazine groups is 1. The third kappa shape index (κ3) is 2.46. The quantitative estimate of drug-likeness (QED) is 0.721. The summed E-state index contributed by atoms with van der Waals surface area (Å²) in [5, 5.41) is 5.28. The first kappa shape index (κ1) is 17.2. The van der Waals surface area contributed by atoms with Crippen molar-refractivity contribution in [1.82, 2.24) is 10.0 Å². The van der Waals surface area contributed by atoms with Gasteiger partial charge in [0.05, 0.1) is 17.6 Å². The highest BCUT2D eigenvalue weighted by Crippen LogP contribution is 2.50. The van der Waals surface area contributed by atoms with E-state index in [1.807, 2.05) is 24.3 Å². The van der Waals surface area contributed by atoms with E-state index < -0.39 is 12.0 Å². The first-order chi connectivity index (χ1) is 13.1. The number of amides is 2. The number of carbonyl (C=O) groups excluding carboxylic acids is 2. The molecule has 0 aromatic heterocycles. The molecule has 2 aromatic carbocycles. The lowest BCUT2D eigenvalue weighted by Gasteiger charge is -2.30. The number of carbonyl (C=O) groups is 2. The van der Waals surface area contributed by atoms with Crippen LogP contribution < -0.4 is 4.90 Å². The van der Waals surface area contributed by atoms with Crippen molar-refractivity contribution in [3.8, 4) is 0 Å². The van der Waals surface area contributed by atoms with Crippen molar-refractivity contribution in [1.29, 1.82) is 0 Å². The van der Waals surface area contributed by atoms with Gasteiger partial charge in [0, 0.05) is 23.1 Å². The van der Waals surface area contributed by atoms with Crippen molar-refractivity contribution in [2.45, 2.75) is 18.5 Å². The highest BCUT2D eigenvalue weighted by molar-refractivity contribution is 6.35. The topological polar surface area (TPSA) is 43.9 Å². The highest BCUT2D eigenvalue weighted by Gasteiger charge is 2.63. The van der Waals surface area contributed by atoms with E-state index in [0.717, 1.165) is 25.1 Å². The van der Waals surface area contributed by atoms with Crippen LogP contribution in [0.1, 0.15) is 18.0 Å². The molecule has 138 valence electrons. The van der Waals surface area contributed by atoms with Crippen molar-refractivity contribution in [3.05, 3.63) is 64.1 Å². The Labute approximate surface area is 167 Å². The number of nitrogens with zero attached hydrogens (tertiary/aromatic N) is 3. The van der Waals surface area contributed by atoms with Crippen LogP contribution in [-0.2, 0) is 9.59 Å². The van der Waals surface area contributed by atoms with Gasteiger partial charge in [0.1, 0.15) is 6.04 Å². The lowest BCUT2D eigenvalue weighted by molar-refractivity contribution is -0.126. The molecule has 5 rings (SSSR count). The predicted octanol–water partition coefficient (Wildman–Crippen LogP) is 3.53. The molecular formula is C20H17Cl2N3O2. The van der Waals surface area contributed by atoms with Crippen molar-refractivity contribution in [3.63, 3.8) is 0 Å². The summed E-state index contributed by atoms with van der Waals surface area (Å²) in [6.07, 6.45) is 0.956. The number of benzene rings is 2. The van der Waals surface area contributed by atoms with E-state index in [0.29, 0.717) is 15.7 Å². The molecule has 3 aliphatic rings. The van der Waals surface area contributed by atoms with Crippen LogP contribution in [-0.4, -0.2) is 41.0 Å². The maximum Gasteiger partial charge on any atom is 0.253 e. The van der Waals surface area contributed by atoms with Gasteiger partial charge in [-0.15, -0.1) is 0 Å². The second-order valence-corrected chi connectivity index (χ2v) is 7.95. The molecule has 0 spiro atoms. The number of anilines is 1. The summed E-state index contributed by atoms with van der Waals surface area (Å²) in [5.41, 5.74) is 1.46. The molecule has 3 aliphatic heterocycles. The summed E-state index contributed by atoms with van der Waals surface area (Å²) < 4.78 is 0. The SMILES string of the molecule is O=C1[C@H]2[C@@H](c3ccc(Cl)cc3Cl)N3CCCN3[C@H]2C(=O)N1c1ccccc1. The Bertz CT molecular complexity index is 936. The van der Waals surface area contributed by atoms with Gasteiger partial charge in [0.2, 0.25) is 5.91 Å². The van der Waals surface area contributed by atoms with Crippen LogP contribution in [0.2, 0.25) is 10.0 Å². The van der Waals surface area contributed by atoms with Gasteiger partial charge in [-0.05, 0) is 36.2 Å². The third-order valence-electron chi connectivity index (χ3n) is 5.70. The van der Waals surface area contributed by atoms with Gasteiger partial charge in [-0.25, -0.2) is 14.9 Å². The Morgan fingerprint density at radius 3 is 2.26 bits per heavy atom. The lowest BCUT2D eigenvalue weighted by atomic mass is 9.90. The Hall–Kier alpha value is -1.92. The maximum absolute atomic E-state index is 13.4. The number of halogens is 2. The molecule has 0 unspecified atom stereocenters. The molecule has 0 radical (unpaired) electrons. The molecule has 27 heavy (non-hydrogen) atoms. The van der Waals surface area contributed by atoms with Gasteiger partial charge in [-0.1, -0.05) is 47.5 Å². The minimum atomic E-state index is -0.475. The van der Waals surface area contributed by atoms with Gasteiger partial charge in [0.25, 0.3) is 5.91 Å². The van der Waals surface area contributed by atoms with E-state index in [-0.39, 0.29) is 17.9 Å². The van der Waals surface area contributed by atoms with Gasteiger partial charge in [-0.3, -0.25) is 9.59 Å². The number of hydrogen-bond donors (Lipinski definition) is 0. The Morgan fingerprint density at radius 1 is 0.852 bits per heavy atom. The molecule has 2 amide bonds. The zero-order valence-corrected chi connectivity index (χ0v) is 15.9. The maximum atomic E-state index is 13.4. The van der Waals surface area contributed by atoms with Gasteiger partial charge < -0.3 is 0 Å². The second kappa shape index (κ2) is 6.31. The van der Waals surface area contributed by atoms with E-state index in [2.05, 4.69) is 10.0 Å². The Morgan fingerprint density at radius 2 is 1.56 bits per heavy atom. The fraction of sp³-hybridized carbons (Fsp3) is 0.300. The minimum Gasteiger partial charge on any atom is -0.274 e. The molecular weight excluding hydrogens is 385 g/mol. The van der Waals surface area contributed by atoms with E-state index in [9.17, 15) is 9.59 Å². The molecule has 0 aliphatic carbocycles. The minimum absolute atomic E-state index is 0.157. The van der Waals surface area contributed by atoms with Crippen LogP contribution in [0.4, 0.5) is 5.69 Å². The Balaban J connectivity index is 1.61. The van der Waals surface area contributed by atoms with Gasteiger partial charge >= 0.3 is 0 Å². The van der Waals surface area contributed by atoms with Crippen LogP contribution in [0.5, 0.6) is 0 Å². The van der Waals surface area contributed by atoms with Crippen LogP contribution in [0.25, 0.3) is 0 Å². The fourth-order valence-electron chi connectivity index (χ4n) is 4.66. The van der Waals surface area contributed by atoms with Crippen LogP contribution in [0.3, 0.4) is 0 Å². The summed E-state index contributed by atoms with van der Waals surface area (Å²) in [6.45, 7) is 1.58. The van der Waals surface area contributed by atoms with Crippen molar-refractivity contribution < 1.29 is 9.59 Å².